The highest BCUT2D eigenvalue weighted by molar-refractivity contribution is 5.81. The zero-order chi connectivity index (χ0) is 12.0. The maximum absolute atomic E-state index is 11.9. The molecular weight excluding hydrogens is 196 g/mol. The lowest BCUT2D eigenvalue weighted by Crippen LogP contribution is -2.21. The molecule has 0 atom stereocenters. The first-order chi connectivity index (χ1) is 7.63. The van der Waals surface area contributed by atoms with Gasteiger partial charge in [0, 0.05) is 12.3 Å². The van der Waals surface area contributed by atoms with Crippen LogP contribution in [0.3, 0.4) is 0 Å². The molecule has 0 spiro atoms. The first kappa shape index (κ1) is 13.5. The summed E-state index contributed by atoms with van der Waals surface area (Å²) in [5.74, 6) is 1.75. The highest BCUT2D eigenvalue weighted by Crippen LogP contribution is 2.32. The molecule has 0 aliphatic heterocycles. The summed E-state index contributed by atoms with van der Waals surface area (Å²) in [5.41, 5.74) is 1.13. The summed E-state index contributed by atoms with van der Waals surface area (Å²) in [5, 5.41) is 0. The number of rotatable bonds is 6. The summed E-state index contributed by atoms with van der Waals surface area (Å²) >= 11 is 0. The third-order valence-electron chi connectivity index (χ3n) is 3.80. The molecular formula is C15H26O. The summed E-state index contributed by atoms with van der Waals surface area (Å²) in [6.07, 6.45) is 9.08. The highest BCUT2D eigenvalue weighted by atomic mass is 16.1. The van der Waals surface area contributed by atoms with Crippen LogP contribution in [-0.4, -0.2) is 5.78 Å². The van der Waals surface area contributed by atoms with E-state index in [-0.39, 0.29) is 0 Å². The maximum atomic E-state index is 11.9. The quantitative estimate of drug-likeness (QED) is 0.604. The summed E-state index contributed by atoms with van der Waals surface area (Å²) in [6, 6.07) is 0. The first-order valence-corrected chi connectivity index (χ1v) is 6.80. The van der Waals surface area contributed by atoms with Crippen molar-refractivity contribution >= 4 is 5.78 Å². The van der Waals surface area contributed by atoms with Crippen LogP contribution in [0.2, 0.25) is 0 Å². The van der Waals surface area contributed by atoms with E-state index < -0.39 is 0 Å². The van der Waals surface area contributed by atoms with Gasteiger partial charge in [-0.15, -0.1) is 6.58 Å². The van der Waals surface area contributed by atoms with Crippen molar-refractivity contribution in [3.8, 4) is 0 Å². The Hall–Kier alpha value is -0.590. The fourth-order valence-corrected chi connectivity index (χ4v) is 2.72. The minimum Gasteiger partial charge on any atom is -0.299 e. The van der Waals surface area contributed by atoms with Gasteiger partial charge in [-0.2, -0.15) is 0 Å². The fourth-order valence-electron chi connectivity index (χ4n) is 2.72. The van der Waals surface area contributed by atoms with Gasteiger partial charge in [0.05, 0.1) is 0 Å². The van der Waals surface area contributed by atoms with Crippen molar-refractivity contribution in [3.63, 3.8) is 0 Å². The van der Waals surface area contributed by atoms with Crippen molar-refractivity contribution in [2.45, 2.75) is 65.2 Å². The van der Waals surface area contributed by atoms with Crippen LogP contribution in [0.25, 0.3) is 0 Å². The Bertz CT molecular complexity index is 234. The van der Waals surface area contributed by atoms with Crippen LogP contribution < -0.4 is 0 Å². The number of Topliss-reactive ketones (excluding diaryl/α,β-unsaturated/α-hetero) is 1. The number of hydrogen-bond donors (Lipinski definition) is 0. The van der Waals surface area contributed by atoms with Crippen LogP contribution in [0.4, 0.5) is 0 Å². The van der Waals surface area contributed by atoms with Gasteiger partial charge in [0.2, 0.25) is 0 Å². The molecule has 1 nitrogen and oxygen atoms in total. The van der Waals surface area contributed by atoms with E-state index in [1.165, 1.54) is 25.7 Å². The lowest BCUT2D eigenvalue weighted by atomic mass is 9.77. The van der Waals surface area contributed by atoms with E-state index in [1.807, 2.05) is 6.92 Å². The fraction of sp³-hybridized carbons (Fsp3) is 0.800. The van der Waals surface area contributed by atoms with Crippen LogP contribution >= 0.6 is 0 Å². The molecule has 0 bridgehead atoms. The van der Waals surface area contributed by atoms with Crippen molar-refractivity contribution in [1.82, 2.24) is 0 Å². The molecule has 1 fully saturated rings. The monoisotopic (exact) mass is 222 g/mol. The van der Waals surface area contributed by atoms with E-state index in [9.17, 15) is 4.79 Å². The third kappa shape index (κ3) is 4.51. The topological polar surface area (TPSA) is 17.1 Å². The minimum absolute atomic E-state index is 0.368. The highest BCUT2D eigenvalue weighted by Gasteiger charge is 2.25. The maximum Gasteiger partial charge on any atom is 0.136 e. The lowest BCUT2D eigenvalue weighted by molar-refractivity contribution is -0.124. The average Bonchev–Trinajstić information content (AvgIpc) is 2.27. The number of ketones is 1. The molecule has 16 heavy (non-hydrogen) atoms. The summed E-state index contributed by atoms with van der Waals surface area (Å²) in [7, 11) is 0. The standard InChI is InChI=1S/C15H26O/c1-4-5-13-7-9-14(10-8-13)15(16)11-6-12(2)3/h13-14H,2,4-11H2,1,3H3. The van der Waals surface area contributed by atoms with Crippen LogP contribution in [0, 0.1) is 11.8 Å². The lowest BCUT2D eigenvalue weighted by Gasteiger charge is -2.27. The van der Waals surface area contributed by atoms with E-state index in [0.717, 1.165) is 37.2 Å². The van der Waals surface area contributed by atoms with Crippen LogP contribution in [-0.2, 0) is 4.79 Å². The van der Waals surface area contributed by atoms with Crippen LogP contribution in [0.1, 0.15) is 65.2 Å². The van der Waals surface area contributed by atoms with Crippen molar-refractivity contribution in [1.29, 1.82) is 0 Å². The number of carbonyl (C=O) groups is 1. The van der Waals surface area contributed by atoms with Gasteiger partial charge in [-0.1, -0.05) is 25.3 Å². The summed E-state index contributed by atoms with van der Waals surface area (Å²) < 4.78 is 0. The molecule has 1 saturated carbocycles. The molecule has 0 N–H and O–H groups in total. The Balaban J connectivity index is 2.24. The van der Waals surface area contributed by atoms with E-state index in [2.05, 4.69) is 13.5 Å². The van der Waals surface area contributed by atoms with Gasteiger partial charge < -0.3 is 0 Å². The second-order valence-electron chi connectivity index (χ2n) is 5.43. The normalized spacial score (nSPS) is 25.4. The van der Waals surface area contributed by atoms with Gasteiger partial charge in [0.25, 0.3) is 0 Å². The van der Waals surface area contributed by atoms with Gasteiger partial charge in [0.1, 0.15) is 5.78 Å². The van der Waals surface area contributed by atoms with E-state index in [1.54, 1.807) is 0 Å². The molecule has 0 aromatic heterocycles. The predicted molar refractivity (Wildman–Crippen MR) is 69.4 cm³/mol. The molecule has 0 heterocycles. The molecule has 1 aliphatic rings. The second-order valence-corrected chi connectivity index (χ2v) is 5.43. The van der Waals surface area contributed by atoms with E-state index in [0.29, 0.717) is 11.7 Å². The molecule has 0 radical (unpaired) electrons. The van der Waals surface area contributed by atoms with E-state index >= 15 is 0 Å². The molecule has 0 unspecified atom stereocenters. The Morgan fingerprint density at radius 2 is 1.81 bits per heavy atom. The molecule has 0 aromatic carbocycles. The Morgan fingerprint density at radius 1 is 1.19 bits per heavy atom. The van der Waals surface area contributed by atoms with Crippen LogP contribution in [0.5, 0.6) is 0 Å². The second kappa shape index (κ2) is 6.88. The predicted octanol–water partition coefficient (Wildman–Crippen LogP) is 4.52. The number of hydrogen-bond acceptors (Lipinski definition) is 1. The zero-order valence-electron chi connectivity index (χ0n) is 10.9. The molecule has 0 saturated heterocycles. The molecule has 0 aromatic rings. The Morgan fingerprint density at radius 3 is 2.31 bits per heavy atom. The summed E-state index contributed by atoms with van der Waals surface area (Å²) in [6.45, 7) is 8.12. The van der Waals surface area contributed by atoms with E-state index in [4.69, 9.17) is 0 Å². The Kier molecular flexibility index (Phi) is 5.79. The molecule has 1 rings (SSSR count). The van der Waals surface area contributed by atoms with Gasteiger partial charge >= 0.3 is 0 Å². The van der Waals surface area contributed by atoms with Gasteiger partial charge in [-0.3, -0.25) is 4.79 Å². The van der Waals surface area contributed by atoms with Gasteiger partial charge in [-0.05, 0) is 44.9 Å². The number of allylic oxidation sites excluding steroid dienone is 1. The SMILES string of the molecule is C=C(C)CCC(=O)C1CCC(CCC)CC1. The first-order valence-electron chi connectivity index (χ1n) is 6.80. The van der Waals surface area contributed by atoms with Crippen molar-refractivity contribution in [2.24, 2.45) is 11.8 Å². The Labute approximate surface area is 100 Å². The van der Waals surface area contributed by atoms with Crippen LogP contribution in [0.15, 0.2) is 12.2 Å². The van der Waals surface area contributed by atoms with Crippen molar-refractivity contribution in [2.75, 3.05) is 0 Å². The third-order valence-corrected chi connectivity index (χ3v) is 3.80. The minimum atomic E-state index is 0.368. The molecule has 1 heteroatoms. The summed E-state index contributed by atoms with van der Waals surface area (Å²) in [4.78, 5) is 11.9. The van der Waals surface area contributed by atoms with Crippen molar-refractivity contribution in [3.05, 3.63) is 12.2 Å². The molecule has 0 amide bonds. The van der Waals surface area contributed by atoms with Crippen molar-refractivity contribution < 1.29 is 4.79 Å². The zero-order valence-corrected chi connectivity index (χ0v) is 10.9. The van der Waals surface area contributed by atoms with Gasteiger partial charge in [0.15, 0.2) is 0 Å². The number of carbonyl (C=O) groups excluding carboxylic acids is 1. The largest absolute Gasteiger partial charge is 0.299 e. The molecule has 1 aliphatic carbocycles. The average molecular weight is 222 g/mol. The van der Waals surface area contributed by atoms with Gasteiger partial charge in [-0.25, -0.2) is 0 Å². The smallest absolute Gasteiger partial charge is 0.136 e. The molecule has 92 valence electrons.